The minimum absolute atomic E-state index is 0.0522. The van der Waals surface area contributed by atoms with Crippen LogP contribution in [0.5, 0.6) is 0 Å². The van der Waals surface area contributed by atoms with Crippen LogP contribution in [0, 0.1) is 0 Å². The normalized spacial score (nSPS) is 22.0. The summed E-state index contributed by atoms with van der Waals surface area (Å²) in [5.74, 6) is 0.0522. The molecule has 0 aromatic heterocycles. The molecule has 0 saturated carbocycles. The molecule has 5 heteroatoms. The van der Waals surface area contributed by atoms with Gasteiger partial charge in [-0.05, 0) is 29.2 Å². The molecule has 1 N–H and O–H groups in total. The summed E-state index contributed by atoms with van der Waals surface area (Å²) in [6, 6.07) is 16.5. The zero-order valence-corrected chi connectivity index (χ0v) is 14.8. The van der Waals surface area contributed by atoms with Crippen LogP contribution in [0.1, 0.15) is 24.0 Å². The molecular formula is C21H23NO4. The number of hydrogen-bond acceptors (Lipinski definition) is 4. The Morgan fingerprint density at radius 1 is 1.15 bits per heavy atom. The quantitative estimate of drug-likeness (QED) is 0.921. The summed E-state index contributed by atoms with van der Waals surface area (Å²) in [7, 11) is 0. The molecule has 1 saturated heterocycles. The van der Waals surface area contributed by atoms with Gasteiger partial charge in [0.2, 0.25) is 0 Å². The number of amides is 1. The zero-order chi connectivity index (χ0) is 18.1. The Labute approximate surface area is 153 Å². The molecule has 2 atom stereocenters. The number of carbonyl (C=O) groups is 1. The van der Waals surface area contributed by atoms with E-state index >= 15 is 0 Å². The molecule has 0 bridgehead atoms. The molecule has 2 aliphatic rings. The van der Waals surface area contributed by atoms with Gasteiger partial charge in [-0.1, -0.05) is 48.5 Å². The van der Waals surface area contributed by atoms with Crippen molar-refractivity contribution in [1.29, 1.82) is 0 Å². The Bertz CT molecular complexity index is 761. The molecule has 26 heavy (non-hydrogen) atoms. The summed E-state index contributed by atoms with van der Waals surface area (Å²) < 4.78 is 11.2. The second-order valence-electron chi connectivity index (χ2n) is 6.94. The maximum Gasteiger partial charge on any atom is 0.410 e. The van der Waals surface area contributed by atoms with Crippen LogP contribution in [0.4, 0.5) is 4.79 Å². The van der Waals surface area contributed by atoms with Crippen LogP contribution < -0.4 is 0 Å². The van der Waals surface area contributed by atoms with Crippen molar-refractivity contribution in [2.24, 2.45) is 0 Å². The van der Waals surface area contributed by atoms with Gasteiger partial charge in [-0.15, -0.1) is 0 Å². The van der Waals surface area contributed by atoms with Crippen LogP contribution in [0.25, 0.3) is 11.1 Å². The van der Waals surface area contributed by atoms with Crippen molar-refractivity contribution < 1.29 is 19.4 Å². The summed E-state index contributed by atoms with van der Waals surface area (Å²) in [5.41, 5.74) is 4.82. The molecular weight excluding hydrogens is 330 g/mol. The lowest BCUT2D eigenvalue weighted by atomic mass is 9.98. The van der Waals surface area contributed by atoms with Crippen molar-refractivity contribution in [1.82, 2.24) is 4.90 Å². The zero-order valence-electron chi connectivity index (χ0n) is 14.8. The first kappa shape index (κ1) is 17.1. The highest BCUT2D eigenvalue weighted by molar-refractivity contribution is 5.79. The van der Waals surface area contributed by atoms with Gasteiger partial charge in [0.05, 0.1) is 31.9 Å². The lowest BCUT2D eigenvalue weighted by Crippen LogP contribution is -2.52. The van der Waals surface area contributed by atoms with E-state index in [9.17, 15) is 9.90 Å². The molecule has 1 aliphatic carbocycles. The minimum atomic E-state index is -0.346. The summed E-state index contributed by atoms with van der Waals surface area (Å²) >= 11 is 0. The molecule has 5 nitrogen and oxygen atoms in total. The number of morpholine rings is 1. The van der Waals surface area contributed by atoms with E-state index in [1.165, 1.54) is 22.3 Å². The number of carbonyl (C=O) groups excluding carboxylic acids is 1. The Kier molecular flexibility index (Phi) is 4.66. The minimum Gasteiger partial charge on any atom is -0.448 e. The fraction of sp³-hybridized carbons (Fsp3) is 0.381. The number of aliphatic hydroxyl groups excluding tert-OH is 1. The Morgan fingerprint density at radius 2 is 1.77 bits per heavy atom. The first-order valence-corrected chi connectivity index (χ1v) is 9.03. The van der Waals surface area contributed by atoms with Crippen LogP contribution in [0.15, 0.2) is 48.5 Å². The Hall–Kier alpha value is -2.37. The fourth-order valence-corrected chi connectivity index (χ4v) is 3.86. The van der Waals surface area contributed by atoms with E-state index in [1.54, 1.807) is 4.90 Å². The average molecular weight is 353 g/mol. The third-order valence-electron chi connectivity index (χ3n) is 5.28. The van der Waals surface area contributed by atoms with Gasteiger partial charge in [0.15, 0.2) is 0 Å². The van der Waals surface area contributed by atoms with E-state index in [0.717, 1.165) is 0 Å². The van der Waals surface area contributed by atoms with Crippen LogP contribution in [0.2, 0.25) is 0 Å². The Morgan fingerprint density at radius 3 is 2.38 bits per heavy atom. The smallest absolute Gasteiger partial charge is 0.410 e. The predicted octanol–water partition coefficient (Wildman–Crippen LogP) is 3.02. The molecule has 2 unspecified atom stereocenters. The van der Waals surface area contributed by atoms with Crippen molar-refractivity contribution in [3.05, 3.63) is 59.7 Å². The first-order chi connectivity index (χ1) is 12.7. The van der Waals surface area contributed by atoms with Crippen molar-refractivity contribution >= 4 is 6.09 Å². The van der Waals surface area contributed by atoms with Crippen molar-refractivity contribution in [2.45, 2.75) is 25.0 Å². The number of benzene rings is 2. The first-order valence-electron chi connectivity index (χ1n) is 9.03. The number of nitrogens with zero attached hydrogens (tertiary/aromatic N) is 1. The Balaban J connectivity index is 1.50. The SMILES string of the molecule is CC1COC(CO)CN1C(=O)OCC1c2ccccc2-c2ccccc21. The van der Waals surface area contributed by atoms with Gasteiger partial charge >= 0.3 is 6.09 Å². The number of aliphatic hydroxyl groups is 1. The molecule has 1 fully saturated rings. The van der Waals surface area contributed by atoms with Crippen LogP contribution in [-0.2, 0) is 9.47 Å². The molecule has 0 radical (unpaired) electrons. The van der Waals surface area contributed by atoms with Gasteiger partial charge in [-0.25, -0.2) is 4.79 Å². The van der Waals surface area contributed by atoms with Crippen LogP contribution >= 0.6 is 0 Å². The highest BCUT2D eigenvalue weighted by Gasteiger charge is 2.33. The molecule has 0 spiro atoms. The second-order valence-corrected chi connectivity index (χ2v) is 6.94. The van der Waals surface area contributed by atoms with E-state index in [1.807, 2.05) is 31.2 Å². The number of rotatable bonds is 3. The summed E-state index contributed by atoms with van der Waals surface area (Å²) in [6.45, 7) is 2.90. The van der Waals surface area contributed by atoms with Crippen LogP contribution in [-0.4, -0.2) is 54.6 Å². The van der Waals surface area contributed by atoms with Gasteiger partial charge in [-0.3, -0.25) is 0 Å². The topological polar surface area (TPSA) is 59.0 Å². The van der Waals surface area contributed by atoms with Gasteiger partial charge < -0.3 is 19.5 Å². The molecule has 2 aromatic rings. The molecule has 1 heterocycles. The molecule has 2 aromatic carbocycles. The van der Waals surface area contributed by atoms with Gasteiger partial charge in [-0.2, -0.15) is 0 Å². The largest absolute Gasteiger partial charge is 0.448 e. The lowest BCUT2D eigenvalue weighted by molar-refractivity contribution is -0.0724. The molecule has 1 amide bonds. The second kappa shape index (κ2) is 7.09. The van der Waals surface area contributed by atoms with Crippen molar-refractivity contribution in [2.75, 3.05) is 26.4 Å². The van der Waals surface area contributed by atoms with Gasteiger partial charge in [0.25, 0.3) is 0 Å². The third-order valence-corrected chi connectivity index (χ3v) is 5.28. The van der Waals surface area contributed by atoms with Crippen molar-refractivity contribution in [3.8, 4) is 11.1 Å². The van der Waals surface area contributed by atoms with E-state index in [-0.39, 0.29) is 30.8 Å². The standard InChI is InChI=1S/C21H23NO4/c1-14-12-25-15(11-23)10-22(14)21(24)26-13-20-18-8-4-2-6-16(18)17-7-3-5-9-19(17)20/h2-9,14-15,20,23H,10-13H2,1H3. The number of ether oxygens (including phenoxy) is 2. The third kappa shape index (κ3) is 2.97. The highest BCUT2D eigenvalue weighted by atomic mass is 16.6. The maximum absolute atomic E-state index is 12.6. The summed E-state index contributed by atoms with van der Waals surface area (Å²) in [6.07, 6.45) is -0.687. The molecule has 136 valence electrons. The average Bonchev–Trinajstić information content (AvgIpc) is 3.00. The van der Waals surface area contributed by atoms with E-state index < -0.39 is 0 Å². The van der Waals surface area contributed by atoms with E-state index in [4.69, 9.17) is 9.47 Å². The summed E-state index contributed by atoms with van der Waals surface area (Å²) in [5, 5.41) is 9.29. The monoisotopic (exact) mass is 353 g/mol. The fourth-order valence-electron chi connectivity index (χ4n) is 3.86. The van der Waals surface area contributed by atoms with Gasteiger partial charge in [0.1, 0.15) is 6.61 Å². The lowest BCUT2D eigenvalue weighted by Gasteiger charge is -2.36. The van der Waals surface area contributed by atoms with Gasteiger partial charge in [0, 0.05) is 5.92 Å². The highest BCUT2D eigenvalue weighted by Crippen LogP contribution is 2.44. The van der Waals surface area contributed by atoms with E-state index in [2.05, 4.69) is 24.3 Å². The van der Waals surface area contributed by atoms with E-state index in [0.29, 0.717) is 19.8 Å². The maximum atomic E-state index is 12.6. The number of fused-ring (bicyclic) bond motifs is 3. The summed E-state index contributed by atoms with van der Waals surface area (Å²) in [4.78, 5) is 14.3. The van der Waals surface area contributed by atoms with Crippen molar-refractivity contribution in [3.63, 3.8) is 0 Å². The predicted molar refractivity (Wildman–Crippen MR) is 98.1 cm³/mol. The number of hydrogen-bond donors (Lipinski definition) is 1. The molecule has 1 aliphatic heterocycles. The molecule has 4 rings (SSSR count). The van der Waals surface area contributed by atoms with Crippen LogP contribution in [0.3, 0.4) is 0 Å².